The van der Waals surface area contributed by atoms with Crippen LogP contribution < -0.4 is 5.32 Å². The van der Waals surface area contributed by atoms with Gasteiger partial charge in [-0.2, -0.15) is 0 Å². The van der Waals surface area contributed by atoms with Crippen LogP contribution >= 0.6 is 0 Å². The summed E-state index contributed by atoms with van der Waals surface area (Å²) in [5, 5.41) is 2.89. The van der Waals surface area contributed by atoms with Crippen LogP contribution in [-0.2, 0) is 9.59 Å². The highest BCUT2D eigenvalue weighted by molar-refractivity contribution is 5.83. The standard InChI is InChI=1S/C11H19NO2/c1-9(13)6-7-11(14)12-8-10-4-2-3-5-10/h10H,2-8H2,1H3,(H,12,14). The smallest absolute Gasteiger partial charge is 0.220 e. The second kappa shape index (κ2) is 5.78. The van der Waals surface area contributed by atoms with Crippen LogP contribution in [0.25, 0.3) is 0 Å². The van der Waals surface area contributed by atoms with Crippen LogP contribution in [0.4, 0.5) is 0 Å². The number of amides is 1. The molecule has 3 nitrogen and oxygen atoms in total. The minimum atomic E-state index is 0.0205. The first kappa shape index (κ1) is 11.2. The van der Waals surface area contributed by atoms with Crippen LogP contribution in [0.15, 0.2) is 0 Å². The van der Waals surface area contributed by atoms with Gasteiger partial charge in [-0.15, -0.1) is 0 Å². The Labute approximate surface area is 85.3 Å². The summed E-state index contributed by atoms with van der Waals surface area (Å²) in [5.74, 6) is 0.782. The van der Waals surface area contributed by atoms with Crippen LogP contribution in [0.1, 0.15) is 45.4 Å². The number of hydrogen-bond acceptors (Lipinski definition) is 2. The van der Waals surface area contributed by atoms with Gasteiger partial charge in [-0.05, 0) is 25.7 Å². The highest BCUT2D eigenvalue weighted by Gasteiger charge is 2.15. The molecule has 0 atom stereocenters. The molecule has 1 aliphatic carbocycles. The quantitative estimate of drug-likeness (QED) is 0.728. The lowest BCUT2D eigenvalue weighted by atomic mass is 10.1. The molecule has 80 valence electrons. The highest BCUT2D eigenvalue weighted by atomic mass is 16.2. The Morgan fingerprint density at radius 1 is 1.21 bits per heavy atom. The molecule has 1 fully saturated rings. The molecule has 0 heterocycles. The molecule has 1 N–H and O–H groups in total. The maximum absolute atomic E-state index is 11.2. The maximum atomic E-state index is 11.2. The molecule has 1 amide bonds. The van der Waals surface area contributed by atoms with Crippen molar-refractivity contribution in [2.45, 2.75) is 45.4 Å². The van der Waals surface area contributed by atoms with Crippen molar-refractivity contribution in [3.05, 3.63) is 0 Å². The minimum Gasteiger partial charge on any atom is -0.356 e. The summed E-state index contributed by atoms with van der Waals surface area (Å²) < 4.78 is 0. The fourth-order valence-electron chi connectivity index (χ4n) is 1.85. The van der Waals surface area contributed by atoms with Gasteiger partial charge >= 0.3 is 0 Å². The Morgan fingerprint density at radius 3 is 2.43 bits per heavy atom. The van der Waals surface area contributed by atoms with E-state index in [0.29, 0.717) is 18.8 Å². The molecule has 3 heteroatoms. The second-order valence-electron chi connectivity index (χ2n) is 4.16. The maximum Gasteiger partial charge on any atom is 0.220 e. The van der Waals surface area contributed by atoms with Gasteiger partial charge in [-0.3, -0.25) is 4.79 Å². The largest absolute Gasteiger partial charge is 0.356 e. The summed E-state index contributed by atoms with van der Waals surface area (Å²) in [5.41, 5.74) is 0. The van der Waals surface area contributed by atoms with E-state index in [1.54, 1.807) is 0 Å². The lowest BCUT2D eigenvalue weighted by molar-refractivity contribution is -0.124. The first-order valence-electron chi connectivity index (χ1n) is 5.44. The lowest BCUT2D eigenvalue weighted by Crippen LogP contribution is -2.28. The van der Waals surface area contributed by atoms with E-state index in [0.717, 1.165) is 6.54 Å². The van der Waals surface area contributed by atoms with Gasteiger partial charge in [0.15, 0.2) is 0 Å². The molecule has 0 aromatic carbocycles. The van der Waals surface area contributed by atoms with Crippen LogP contribution in [0.2, 0.25) is 0 Å². The van der Waals surface area contributed by atoms with Gasteiger partial charge in [0.05, 0.1) is 0 Å². The molecular weight excluding hydrogens is 178 g/mol. The van der Waals surface area contributed by atoms with Crippen LogP contribution in [0, 0.1) is 5.92 Å². The fraction of sp³-hybridized carbons (Fsp3) is 0.818. The molecule has 1 saturated carbocycles. The molecule has 1 rings (SSSR count). The first-order chi connectivity index (χ1) is 6.68. The minimum absolute atomic E-state index is 0.0205. The predicted molar refractivity (Wildman–Crippen MR) is 54.9 cm³/mol. The first-order valence-corrected chi connectivity index (χ1v) is 5.44. The summed E-state index contributed by atoms with van der Waals surface area (Å²) in [4.78, 5) is 21.9. The number of nitrogens with one attached hydrogen (secondary N) is 1. The second-order valence-corrected chi connectivity index (χ2v) is 4.16. The van der Waals surface area contributed by atoms with Crippen molar-refractivity contribution >= 4 is 11.7 Å². The third-order valence-electron chi connectivity index (χ3n) is 2.77. The van der Waals surface area contributed by atoms with Gasteiger partial charge in [0, 0.05) is 19.4 Å². The van der Waals surface area contributed by atoms with Gasteiger partial charge < -0.3 is 10.1 Å². The normalized spacial score (nSPS) is 16.9. The van der Waals surface area contributed by atoms with Gasteiger partial charge in [0.1, 0.15) is 5.78 Å². The van der Waals surface area contributed by atoms with E-state index in [4.69, 9.17) is 0 Å². The van der Waals surface area contributed by atoms with Crippen molar-refractivity contribution in [1.29, 1.82) is 0 Å². The molecule has 0 spiro atoms. The zero-order chi connectivity index (χ0) is 10.4. The summed E-state index contributed by atoms with van der Waals surface area (Å²) in [7, 11) is 0. The Kier molecular flexibility index (Phi) is 4.63. The van der Waals surface area contributed by atoms with Crippen LogP contribution in [-0.4, -0.2) is 18.2 Å². The van der Waals surface area contributed by atoms with Crippen molar-refractivity contribution < 1.29 is 9.59 Å². The zero-order valence-electron chi connectivity index (χ0n) is 8.84. The summed E-state index contributed by atoms with van der Waals surface area (Å²) in [6, 6.07) is 0. The van der Waals surface area contributed by atoms with E-state index in [1.807, 2.05) is 0 Å². The summed E-state index contributed by atoms with van der Waals surface area (Å²) in [6.07, 6.45) is 5.81. The van der Waals surface area contributed by atoms with Gasteiger partial charge in [-0.25, -0.2) is 0 Å². The highest BCUT2D eigenvalue weighted by Crippen LogP contribution is 2.23. The monoisotopic (exact) mass is 197 g/mol. The molecule has 14 heavy (non-hydrogen) atoms. The number of ketones is 1. The Morgan fingerprint density at radius 2 is 1.86 bits per heavy atom. The molecule has 0 aromatic heterocycles. The van der Waals surface area contributed by atoms with Gasteiger partial charge in [-0.1, -0.05) is 12.8 Å². The van der Waals surface area contributed by atoms with Crippen LogP contribution in [0.3, 0.4) is 0 Å². The van der Waals surface area contributed by atoms with E-state index in [1.165, 1.54) is 32.6 Å². The molecule has 0 aromatic rings. The number of carbonyl (C=O) groups is 2. The number of rotatable bonds is 5. The molecule has 0 radical (unpaired) electrons. The van der Waals surface area contributed by atoms with Crippen LogP contribution in [0.5, 0.6) is 0 Å². The molecule has 0 bridgehead atoms. The SMILES string of the molecule is CC(=O)CCC(=O)NCC1CCCC1. The van der Waals surface area contributed by atoms with E-state index in [2.05, 4.69) is 5.32 Å². The number of hydrogen-bond donors (Lipinski definition) is 1. The van der Waals surface area contributed by atoms with Crippen molar-refractivity contribution in [2.24, 2.45) is 5.92 Å². The third-order valence-corrected chi connectivity index (χ3v) is 2.77. The fourth-order valence-corrected chi connectivity index (χ4v) is 1.85. The van der Waals surface area contributed by atoms with Crippen molar-refractivity contribution in [3.8, 4) is 0 Å². The molecular formula is C11H19NO2. The molecule has 0 saturated heterocycles. The van der Waals surface area contributed by atoms with Crippen molar-refractivity contribution in [3.63, 3.8) is 0 Å². The van der Waals surface area contributed by atoms with Gasteiger partial charge in [0.25, 0.3) is 0 Å². The van der Waals surface area contributed by atoms with E-state index in [-0.39, 0.29) is 11.7 Å². The lowest BCUT2D eigenvalue weighted by Gasteiger charge is -2.09. The Bertz CT molecular complexity index is 207. The van der Waals surface area contributed by atoms with Crippen molar-refractivity contribution in [1.82, 2.24) is 5.32 Å². The number of carbonyl (C=O) groups excluding carboxylic acids is 2. The summed E-state index contributed by atoms with van der Waals surface area (Å²) >= 11 is 0. The van der Waals surface area contributed by atoms with Gasteiger partial charge in [0.2, 0.25) is 5.91 Å². The topological polar surface area (TPSA) is 46.2 Å². The molecule has 0 unspecified atom stereocenters. The average Bonchev–Trinajstić information content (AvgIpc) is 2.63. The molecule has 0 aliphatic heterocycles. The average molecular weight is 197 g/mol. The number of Topliss-reactive ketones (excluding diaryl/α,β-unsaturated/α-hetero) is 1. The Hall–Kier alpha value is -0.860. The van der Waals surface area contributed by atoms with Crippen molar-refractivity contribution in [2.75, 3.05) is 6.54 Å². The Balaban J connectivity index is 2.05. The summed E-state index contributed by atoms with van der Waals surface area (Å²) in [6.45, 7) is 2.32. The third kappa shape index (κ3) is 4.40. The molecule has 1 aliphatic rings. The van der Waals surface area contributed by atoms with E-state index >= 15 is 0 Å². The zero-order valence-corrected chi connectivity index (χ0v) is 8.84. The van der Waals surface area contributed by atoms with E-state index in [9.17, 15) is 9.59 Å². The van der Waals surface area contributed by atoms with E-state index < -0.39 is 0 Å². The predicted octanol–water partition coefficient (Wildman–Crippen LogP) is 1.66.